The third-order valence-electron chi connectivity index (χ3n) is 6.95. The molecule has 0 bridgehead atoms. The standard InChI is InChI=1S/C24H37N5O2/c1-2-13-29-21-11-10-19(25-12-8-17-27-16-7-9-22(27)30)18-20(21)23(26-29)24(31)28-14-5-3-4-6-15-28/h2,19,25H,1,3-18H2/t19-/m0/s1. The number of allylic oxidation sites excluding steroid dienone is 1. The lowest BCUT2D eigenvalue weighted by molar-refractivity contribution is -0.127. The highest BCUT2D eigenvalue weighted by Gasteiger charge is 2.31. The number of hydrogen-bond donors (Lipinski definition) is 1. The van der Waals surface area contributed by atoms with Gasteiger partial charge in [0.05, 0.1) is 6.54 Å². The van der Waals surface area contributed by atoms with Crippen LogP contribution in [0.4, 0.5) is 0 Å². The van der Waals surface area contributed by atoms with E-state index < -0.39 is 0 Å². The first-order chi connectivity index (χ1) is 15.2. The molecule has 0 spiro atoms. The zero-order chi connectivity index (χ0) is 21.6. The summed E-state index contributed by atoms with van der Waals surface area (Å²) in [6.07, 6.45) is 12.0. The molecular weight excluding hydrogens is 390 g/mol. The molecule has 1 N–H and O–H groups in total. The summed E-state index contributed by atoms with van der Waals surface area (Å²) in [5.41, 5.74) is 3.00. The Hall–Kier alpha value is -2.15. The zero-order valence-corrected chi connectivity index (χ0v) is 18.8. The first-order valence-corrected chi connectivity index (χ1v) is 12.2. The van der Waals surface area contributed by atoms with E-state index in [-0.39, 0.29) is 5.91 Å². The minimum atomic E-state index is 0.106. The van der Waals surface area contributed by atoms with Crippen LogP contribution in [0.1, 0.15) is 73.1 Å². The first kappa shape index (κ1) is 22.1. The molecule has 1 aliphatic carbocycles. The predicted octanol–water partition coefficient (Wildman–Crippen LogP) is 2.54. The fourth-order valence-electron chi connectivity index (χ4n) is 5.25. The number of amides is 2. The van der Waals surface area contributed by atoms with Crippen LogP contribution in [0, 0.1) is 0 Å². The van der Waals surface area contributed by atoms with Gasteiger partial charge in [-0.3, -0.25) is 14.3 Å². The number of rotatable bonds is 8. The maximum Gasteiger partial charge on any atom is 0.274 e. The van der Waals surface area contributed by atoms with E-state index in [1.54, 1.807) is 0 Å². The van der Waals surface area contributed by atoms with Crippen LogP contribution in [0.25, 0.3) is 0 Å². The molecule has 0 aromatic carbocycles. The Morgan fingerprint density at radius 2 is 1.94 bits per heavy atom. The number of carbonyl (C=O) groups is 2. The van der Waals surface area contributed by atoms with E-state index in [1.165, 1.54) is 18.5 Å². The summed E-state index contributed by atoms with van der Waals surface area (Å²) in [4.78, 5) is 29.1. The van der Waals surface area contributed by atoms with Gasteiger partial charge in [-0.2, -0.15) is 5.10 Å². The van der Waals surface area contributed by atoms with Crippen molar-refractivity contribution < 1.29 is 9.59 Å². The highest BCUT2D eigenvalue weighted by molar-refractivity contribution is 5.94. The van der Waals surface area contributed by atoms with Crippen molar-refractivity contribution in [2.45, 2.75) is 76.8 Å². The van der Waals surface area contributed by atoms with Crippen molar-refractivity contribution in [2.75, 3.05) is 32.7 Å². The number of nitrogens with one attached hydrogen (secondary N) is 1. The molecule has 0 saturated carbocycles. The summed E-state index contributed by atoms with van der Waals surface area (Å²) in [7, 11) is 0. The van der Waals surface area contributed by atoms with E-state index in [1.807, 2.05) is 20.6 Å². The van der Waals surface area contributed by atoms with Crippen LogP contribution in [-0.2, 0) is 24.2 Å². The second kappa shape index (κ2) is 10.4. The molecule has 3 aliphatic rings. The van der Waals surface area contributed by atoms with E-state index >= 15 is 0 Å². The molecule has 2 aliphatic heterocycles. The fourth-order valence-corrected chi connectivity index (χ4v) is 5.25. The summed E-state index contributed by atoms with van der Waals surface area (Å²) in [6.45, 7) is 8.87. The fraction of sp³-hybridized carbons (Fsp3) is 0.708. The summed E-state index contributed by atoms with van der Waals surface area (Å²) in [6, 6.07) is 0.360. The van der Waals surface area contributed by atoms with E-state index in [0.29, 0.717) is 30.6 Å². The molecule has 4 rings (SSSR count). The average molecular weight is 428 g/mol. The monoisotopic (exact) mass is 427 g/mol. The Morgan fingerprint density at radius 1 is 1.13 bits per heavy atom. The number of hydrogen-bond acceptors (Lipinski definition) is 4. The van der Waals surface area contributed by atoms with E-state index in [2.05, 4.69) is 11.9 Å². The van der Waals surface area contributed by atoms with Crippen molar-refractivity contribution in [3.8, 4) is 0 Å². The van der Waals surface area contributed by atoms with Crippen LogP contribution in [0.15, 0.2) is 12.7 Å². The van der Waals surface area contributed by atoms with Crippen LogP contribution in [0.5, 0.6) is 0 Å². The van der Waals surface area contributed by atoms with Gasteiger partial charge in [-0.1, -0.05) is 18.9 Å². The second-order valence-electron chi connectivity index (χ2n) is 9.18. The van der Waals surface area contributed by atoms with Gasteiger partial charge >= 0.3 is 0 Å². The van der Waals surface area contributed by atoms with Gasteiger partial charge in [0.2, 0.25) is 5.91 Å². The predicted molar refractivity (Wildman–Crippen MR) is 121 cm³/mol. The highest BCUT2D eigenvalue weighted by Crippen LogP contribution is 2.27. The molecular formula is C24H37N5O2. The molecule has 7 nitrogen and oxygen atoms in total. The van der Waals surface area contributed by atoms with Gasteiger partial charge in [-0.15, -0.1) is 6.58 Å². The largest absolute Gasteiger partial charge is 0.343 e. The Balaban J connectivity index is 1.39. The van der Waals surface area contributed by atoms with Crippen molar-refractivity contribution in [1.29, 1.82) is 0 Å². The van der Waals surface area contributed by atoms with Gasteiger partial charge < -0.3 is 15.1 Å². The van der Waals surface area contributed by atoms with Crippen LogP contribution >= 0.6 is 0 Å². The summed E-state index contributed by atoms with van der Waals surface area (Å²) < 4.78 is 1.99. The van der Waals surface area contributed by atoms with Gasteiger partial charge in [0, 0.05) is 49.9 Å². The van der Waals surface area contributed by atoms with Crippen molar-refractivity contribution in [2.24, 2.45) is 0 Å². The molecule has 2 fully saturated rings. The van der Waals surface area contributed by atoms with Crippen molar-refractivity contribution in [3.63, 3.8) is 0 Å². The Bertz CT molecular complexity index is 794. The Morgan fingerprint density at radius 3 is 2.65 bits per heavy atom. The number of fused-ring (bicyclic) bond motifs is 1. The number of carbonyl (C=O) groups excluding carboxylic acids is 2. The Kier molecular flexibility index (Phi) is 7.43. The third kappa shape index (κ3) is 5.20. The molecule has 7 heteroatoms. The zero-order valence-electron chi connectivity index (χ0n) is 18.8. The molecule has 170 valence electrons. The molecule has 0 unspecified atom stereocenters. The van der Waals surface area contributed by atoms with Gasteiger partial charge in [0.1, 0.15) is 0 Å². The molecule has 3 heterocycles. The number of aromatic nitrogens is 2. The lowest BCUT2D eigenvalue weighted by atomic mass is 9.91. The van der Waals surface area contributed by atoms with Crippen molar-refractivity contribution in [3.05, 3.63) is 29.6 Å². The highest BCUT2D eigenvalue weighted by atomic mass is 16.2. The average Bonchev–Trinajstić information content (AvgIpc) is 3.22. The van der Waals surface area contributed by atoms with Crippen LogP contribution in [0.2, 0.25) is 0 Å². The van der Waals surface area contributed by atoms with Crippen molar-refractivity contribution in [1.82, 2.24) is 24.9 Å². The number of nitrogens with zero attached hydrogens (tertiary/aromatic N) is 4. The smallest absolute Gasteiger partial charge is 0.274 e. The second-order valence-corrected chi connectivity index (χ2v) is 9.18. The first-order valence-electron chi connectivity index (χ1n) is 12.2. The Labute approximate surface area is 185 Å². The van der Waals surface area contributed by atoms with E-state index in [0.717, 1.165) is 83.2 Å². The summed E-state index contributed by atoms with van der Waals surface area (Å²) >= 11 is 0. The number of likely N-dealkylation sites (tertiary alicyclic amines) is 2. The minimum Gasteiger partial charge on any atom is -0.343 e. The van der Waals surface area contributed by atoms with E-state index in [9.17, 15) is 9.59 Å². The summed E-state index contributed by atoms with van der Waals surface area (Å²) in [5.74, 6) is 0.405. The lowest BCUT2D eigenvalue weighted by Gasteiger charge is -2.26. The third-order valence-corrected chi connectivity index (χ3v) is 6.95. The SMILES string of the molecule is C=CCn1nc(C(=O)N2CCCCCC2)c2c1CC[C@H](NCCCN1CCCC1=O)C2. The quantitative estimate of drug-likeness (QED) is 0.511. The van der Waals surface area contributed by atoms with Gasteiger partial charge in [0.15, 0.2) is 5.69 Å². The van der Waals surface area contributed by atoms with E-state index in [4.69, 9.17) is 5.10 Å². The molecule has 0 radical (unpaired) electrons. The van der Waals surface area contributed by atoms with Crippen LogP contribution < -0.4 is 5.32 Å². The van der Waals surface area contributed by atoms with Gasteiger partial charge in [0.25, 0.3) is 5.91 Å². The van der Waals surface area contributed by atoms with Crippen LogP contribution in [0.3, 0.4) is 0 Å². The normalized spacial score (nSPS) is 21.8. The topological polar surface area (TPSA) is 70.5 Å². The lowest BCUT2D eigenvalue weighted by Crippen LogP contribution is -2.38. The summed E-state index contributed by atoms with van der Waals surface area (Å²) in [5, 5.41) is 8.44. The maximum atomic E-state index is 13.4. The molecule has 2 amide bonds. The maximum absolute atomic E-state index is 13.4. The molecule has 31 heavy (non-hydrogen) atoms. The van der Waals surface area contributed by atoms with Crippen molar-refractivity contribution >= 4 is 11.8 Å². The molecule has 1 aromatic rings. The minimum absolute atomic E-state index is 0.106. The molecule has 1 aromatic heterocycles. The van der Waals surface area contributed by atoms with Crippen LogP contribution in [-0.4, -0.2) is 70.2 Å². The molecule has 1 atom stereocenters. The van der Waals surface area contributed by atoms with Gasteiger partial charge in [-0.05, 0) is 51.5 Å². The van der Waals surface area contributed by atoms with Gasteiger partial charge in [-0.25, -0.2) is 0 Å². The molecule has 2 saturated heterocycles.